The van der Waals surface area contributed by atoms with Gasteiger partial charge in [-0.1, -0.05) is 97.1 Å². The Balaban J connectivity index is 1.40. The molecule has 39 heavy (non-hydrogen) atoms. The molecule has 1 aliphatic heterocycles. The molecule has 0 N–H and O–H groups in total. The molecule has 0 saturated heterocycles. The maximum absolute atomic E-state index is 13.7. The van der Waals surface area contributed by atoms with Gasteiger partial charge in [-0.2, -0.15) is 5.10 Å². The minimum atomic E-state index is -3.79. The molecule has 1 aliphatic rings. The van der Waals surface area contributed by atoms with E-state index in [4.69, 9.17) is 5.10 Å². The molecule has 0 spiro atoms. The van der Waals surface area contributed by atoms with Gasteiger partial charge in [0.15, 0.2) is 0 Å². The van der Waals surface area contributed by atoms with Crippen molar-refractivity contribution in [3.05, 3.63) is 145 Å². The zero-order valence-electron chi connectivity index (χ0n) is 21.1. The van der Waals surface area contributed by atoms with Gasteiger partial charge in [-0.05, 0) is 46.7 Å². The maximum atomic E-state index is 13.7. The van der Waals surface area contributed by atoms with Crippen LogP contribution in [-0.2, 0) is 10.0 Å². The van der Waals surface area contributed by atoms with E-state index >= 15 is 0 Å². The predicted octanol–water partition coefficient (Wildman–Crippen LogP) is 7.39. The van der Waals surface area contributed by atoms with Crippen LogP contribution in [0.4, 0.5) is 5.69 Å². The number of benzene rings is 5. The second kappa shape index (κ2) is 9.26. The van der Waals surface area contributed by atoms with Gasteiger partial charge in [-0.25, -0.2) is 12.4 Å². The summed E-state index contributed by atoms with van der Waals surface area (Å²) < 4.78 is 28.8. The molecule has 1 aromatic heterocycles. The van der Waals surface area contributed by atoms with Crippen molar-refractivity contribution in [2.24, 2.45) is 5.10 Å². The van der Waals surface area contributed by atoms with Crippen LogP contribution in [0.3, 0.4) is 0 Å². The van der Waals surface area contributed by atoms with Crippen LogP contribution < -0.4 is 5.01 Å². The summed E-state index contributed by atoms with van der Waals surface area (Å²) in [7, 11) is -3.79. The lowest BCUT2D eigenvalue weighted by molar-refractivity contribution is 0.589. The zero-order chi connectivity index (χ0) is 26.4. The third kappa shape index (κ3) is 3.92. The number of fused-ring (bicyclic) bond motifs is 2. The van der Waals surface area contributed by atoms with Crippen LogP contribution in [0.25, 0.3) is 21.7 Å². The van der Waals surface area contributed by atoms with Crippen LogP contribution in [0.1, 0.15) is 23.6 Å². The summed E-state index contributed by atoms with van der Waals surface area (Å²) in [4.78, 5) is 0.255. The second-order valence-corrected chi connectivity index (χ2v) is 11.5. The fourth-order valence-corrected chi connectivity index (χ4v) is 6.95. The van der Waals surface area contributed by atoms with E-state index < -0.39 is 10.0 Å². The smallest absolute Gasteiger partial charge is 0.257 e. The Bertz CT molecular complexity index is 1960. The highest BCUT2D eigenvalue weighted by atomic mass is 32.2. The molecule has 5 aromatic carbocycles. The van der Waals surface area contributed by atoms with Crippen LogP contribution in [0, 0.1) is 0 Å². The average Bonchev–Trinajstić information content (AvgIpc) is 3.61. The molecule has 190 valence electrons. The van der Waals surface area contributed by atoms with Crippen molar-refractivity contribution in [2.45, 2.75) is 17.4 Å². The fraction of sp³-hybridized carbons (Fsp3) is 0.0606. The fourth-order valence-electron chi connectivity index (χ4n) is 5.56. The molecule has 0 saturated carbocycles. The number of para-hydroxylation sites is 2. The lowest BCUT2D eigenvalue weighted by Gasteiger charge is -2.25. The summed E-state index contributed by atoms with van der Waals surface area (Å²) in [6.07, 6.45) is 2.38. The number of rotatable bonds is 5. The molecule has 0 fully saturated rings. The molecule has 0 radical (unpaired) electrons. The summed E-state index contributed by atoms with van der Waals surface area (Å²) in [6, 6.07) is 41.1. The van der Waals surface area contributed by atoms with Gasteiger partial charge in [0.1, 0.15) is 0 Å². The lowest BCUT2D eigenvalue weighted by Crippen LogP contribution is -2.18. The Morgan fingerprint density at radius 2 is 1.31 bits per heavy atom. The minimum absolute atomic E-state index is 0.0404. The van der Waals surface area contributed by atoms with Crippen molar-refractivity contribution in [1.82, 2.24) is 3.97 Å². The topological polar surface area (TPSA) is 54.7 Å². The van der Waals surface area contributed by atoms with Crippen LogP contribution in [0.2, 0.25) is 0 Å². The highest BCUT2D eigenvalue weighted by Gasteiger charge is 2.33. The van der Waals surface area contributed by atoms with E-state index in [1.807, 2.05) is 48.5 Å². The van der Waals surface area contributed by atoms with E-state index in [0.29, 0.717) is 11.9 Å². The molecular weight excluding hydrogens is 502 g/mol. The first kappa shape index (κ1) is 23.4. The van der Waals surface area contributed by atoms with Crippen molar-refractivity contribution in [2.75, 3.05) is 5.01 Å². The average molecular weight is 528 g/mol. The van der Waals surface area contributed by atoms with Gasteiger partial charge in [-0.3, -0.25) is 5.01 Å². The van der Waals surface area contributed by atoms with Crippen LogP contribution >= 0.6 is 0 Å². The number of aromatic nitrogens is 1. The molecule has 0 aliphatic carbocycles. The van der Waals surface area contributed by atoms with Crippen molar-refractivity contribution in [1.29, 1.82) is 0 Å². The van der Waals surface area contributed by atoms with Gasteiger partial charge < -0.3 is 0 Å². The van der Waals surface area contributed by atoms with E-state index in [9.17, 15) is 8.42 Å². The maximum Gasteiger partial charge on any atom is 0.268 e. The molecule has 1 unspecified atom stereocenters. The van der Waals surface area contributed by atoms with Gasteiger partial charge in [0.2, 0.25) is 0 Å². The normalized spacial score (nSPS) is 15.6. The van der Waals surface area contributed by atoms with Crippen molar-refractivity contribution >= 4 is 43.1 Å². The van der Waals surface area contributed by atoms with Crippen LogP contribution in [0.15, 0.2) is 144 Å². The second-order valence-electron chi connectivity index (χ2n) is 9.69. The number of anilines is 1. The Morgan fingerprint density at radius 3 is 2.10 bits per heavy atom. The zero-order valence-corrected chi connectivity index (χ0v) is 21.9. The van der Waals surface area contributed by atoms with Gasteiger partial charge >= 0.3 is 0 Å². The van der Waals surface area contributed by atoms with Gasteiger partial charge in [-0.15, -0.1) is 0 Å². The Hall–Kier alpha value is -4.68. The van der Waals surface area contributed by atoms with Gasteiger partial charge in [0, 0.05) is 23.6 Å². The number of hydrogen-bond donors (Lipinski definition) is 0. The van der Waals surface area contributed by atoms with Crippen molar-refractivity contribution in [3.63, 3.8) is 0 Å². The Labute approximate surface area is 227 Å². The van der Waals surface area contributed by atoms with E-state index in [2.05, 4.69) is 59.6 Å². The molecule has 2 heterocycles. The lowest BCUT2D eigenvalue weighted by atomic mass is 9.94. The third-order valence-corrected chi connectivity index (χ3v) is 9.09. The monoisotopic (exact) mass is 527 g/mol. The number of hydrogen-bond acceptors (Lipinski definition) is 4. The molecule has 6 aromatic rings. The molecule has 6 heteroatoms. The van der Waals surface area contributed by atoms with Crippen LogP contribution in [0.5, 0.6) is 0 Å². The van der Waals surface area contributed by atoms with Crippen molar-refractivity contribution < 1.29 is 8.42 Å². The third-order valence-electron chi connectivity index (χ3n) is 7.40. The first-order valence-electron chi connectivity index (χ1n) is 12.9. The van der Waals surface area contributed by atoms with Gasteiger partial charge in [0.25, 0.3) is 10.0 Å². The minimum Gasteiger partial charge on any atom is -0.257 e. The standard InChI is InChI=1S/C33H25N3O2S/c37-39(38,26-16-5-2-6-17-26)35-23-30(29-19-9-10-21-32(29)35)31-22-33(36(34-31)25-14-3-1-4-15-25)28-20-11-13-24-12-7-8-18-27(24)28/h1-21,23,33H,22H2. The molecule has 0 bridgehead atoms. The highest BCUT2D eigenvalue weighted by Crippen LogP contribution is 2.40. The van der Waals surface area contributed by atoms with E-state index in [1.54, 1.807) is 30.5 Å². The summed E-state index contributed by atoms with van der Waals surface area (Å²) in [5.74, 6) is 0. The summed E-state index contributed by atoms with van der Waals surface area (Å²) in [5.41, 5.74) is 4.50. The Kier molecular flexibility index (Phi) is 5.56. The summed E-state index contributed by atoms with van der Waals surface area (Å²) >= 11 is 0. The first-order valence-corrected chi connectivity index (χ1v) is 14.4. The predicted molar refractivity (Wildman–Crippen MR) is 158 cm³/mol. The first-order chi connectivity index (χ1) is 19.1. The van der Waals surface area contributed by atoms with E-state index in [0.717, 1.165) is 22.3 Å². The molecular formula is C33H25N3O2S. The Morgan fingerprint density at radius 1 is 0.667 bits per heavy atom. The largest absolute Gasteiger partial charge is 0.268 e. The quantitative estimate of drug-likeness (QED) is 0.235. The summed E-state index contributed by atoms with van der Waals surface area (Å²) in [6.45, 7) is 0. The van der Waals surface area contributed by atoms with E-state index in [1.165, 1.54) is 20.3 Å². The van der Waals surface area contributed by atoms with E-state index in [-0.39, 0.29) is 10.9 Å². The van der Waals surface area contributed by atoms with Crippen LogP contribution in [-0.4, -0.2) is 18.1 Å². The SMILES string of the molecule is O=S(=O)(c1ccccc1)n1cc(C2=NN(c3ccccc3)C(c3cccc4ccccc34)C2)c2ccccc21. The molecule has 1 atom stereocenters. The highest BCUT2D eigenvalue weighted by molar-refractivity contribution is 7.90. The number of hydrazone groups is 1. The molecule has 0 amide bonds. The molecule has 5 nitrogen and oxygen atoms in total. The number of nitrogens with zero attached hydrogens (tertiary/aromatic N) is 3. The van der Waals surface area contributed by atoms with Crippen molar-refractivity contribution in [3.8, 4) is 0 Å². The van der Waals surface area contributed by atoms with Gasteiger partial charge in [0.05, 0.1) is 27.9 Å². The molecule has 7 rings (SSSR count). The summed E-state index contributed by atoms with van der Waals surface area (Å²) in [5, 5.41) is 10.5.